The Morgan fingerprint density at radius 1 is 1.11 bits per heavy atom. The van der Waals surface area contributed by atoms with E-state index < -0.39 is 0 Å². The molecule has 0 saturated heterocycles. The average molecular weight is 252 g/mol. The van der Waals surface area contributed by atoms with Gasteiger partial charge in [0.25, 0.3) is 0 Å². The van der Waals surface area contributed by atoms with Gasteiger partial charge in [0.05, 0.1) is 11.4 Å². The van der Waals surface area contributed by atoms with Crippen molar-refractivity contribution in [2.24, 2.45) is 0 Å². The van der Waals surface area contributed by atoms with Gasteiger partial charge in [0.2, 0.25) is 0 Å². The number of aromatic nitrogens is 1. The lowest BCUT2D eigenvalue weighted by Gasteiger charge is -2.07. The lowest BCUT2D eigenvalue weighted by molar-refractivity contribution is 1.13. The first-order chi connectivity index (χ1) is 9.36. The number of hydrogen-bond donors (Lipinski definition) is 2. The summed E-state index contributed by atoms with van der Waals surface area (Å²) in [5.41, 5.74) is 3.51. The van der Waals surface area contributed by atoms with E-state index in [0.717, 1.165) is 22.8 Å². The van der Waals surface area contributed by atoms with Gasteiger partial charge >= 0.3 is 0 Å². The Balaban J connectivity index is 0.000000637. The first-order valence-corrected chi connectivity index (χ1v) is 6.37. The van der Waals surface area contributed by atoms with E-state index >= 15 is 0 Å². The first kappa shape index (κ1) is 12.9. The molecule has 19 heavy (non-hydrogen) atoms. The van der Waals surface area contributed by atoms with Crippen LogP contribution in [-0.4, -0.2) is 4.98 Å². The minimum Gasteiger partial charge on any atom is -0.379 e. The smallest absolute Gasteiger partial charge is 0.142 e. The molecule has 2 N–H and O–H groups in total. The second kappa shape index (κ2) is 5.87. The number of nitriles is 1. The second-order valence-corrected chi connectivity index (χ2v) is 3.84. The van der Waals surface area contributed by atoms with Crippen LogP contribution in [0, 0.1) is 11.3 Å². The molecule has 3 rings (SSSR count). The zero-order valence-corrected chi connectivity index (χ0v) is 11.1. The molecule has 0 radical (unpaired) electrons. The van der Waals surface area contributed by atoms with Crippen molar-refractivity contribution >= 4 is 17.2 Å². The van der Waals surface area contributed by atoms with E-state index in [1.165, 1.54) is 0 Å². The average Bonchev–Trinajstić information content (AvgIpc) is 2.67. The van der Waals surface area contributed by atoms with Crippen molar-refractivity contribution in [3.8, 4) is 6.07 Å². The topological polar surface area (TPSA) is 60.7 Å². The Labute approximate surface area is 113 Å². The number of benzene rings is 1. The van der Waals surface area contributed by atoms with Crippen LogP contribution in [0.4, 0.5) is 17.2 Å². The van der Waals surface area contributed by atoms with Gasteiger partial charge < -0.3 is 10.6 Å². The molecule has 0 fully saturated rings. The minimum absolute atomic E-state index is 0.427. The molecule has 0 amide bonds. The largest absolute Gasteiger partial charge is 0.379 e. The summed E-state index contributed by atoms with van der Waals surface area (Å²) < 4.78 is 0. The highest BCUT2D eigenvalue weighted by Crippen LogP contribution is 2.30. The first-order valence-electron chi connectivity index (χ1n) is 6.37. The molecule has 4 heteroatoms. The summed E-state index contributed by atoms with van der Waals surface area (Å²) in [4.78, 5) is 4.28. The second-order valence-electron chi connectivity index (χ2n) is 3.84. The van der Waals surface area contributed by atoms with Crippen molar-refractivity contribution < 1.29 is 0 Å². The summed E-state index contributed by atoms with van der Waals surface area (Å²) in [6.45, 7) is 4.71. The molecule has 2 aromatic rings. The highest BCUT2D eigenvalue weighted by atomic mass is 15.1. The number of nitrogens with zero attached hydrogens (tertiary/aromatic N) is 2. The molecule has 1 aromatic heterocycles. The van der Waals surface area contributed by atoms with E-state index in [1.807, 2.05) is 50.2 Å². The van der Waals surface area contributed by atoms with Crippen molar-refractivity contribution in [1.82, 2.24) is 4.98 Å². The van der Waals surface area contributed by atoms with Crippen LogP contribution in [0.5, 0.6) is 0 Å². The third kappa shape index (κ3) is 2.66. The summed E-state index contributed by atoms with van der Waals surface area (Å²) in [5, 5.41) is 15.4. The molecule has 96 valence electrons. The van der Waals surface area contributed by atoms with Crippen LogP contribution >= 0.6 is 0 Å². The van der Waals surface area contributed by atoms with Crippen LogP contribution in [0.3, 0.4) is 0 Å². The zero-order chi connectivity index (χ0) is 13.7. The lowest BCUT2D eigenvalue weighted by Crippen LogP contribution is -1.99. The quantitative estimate of drug-likeness (QED) is 0.751. The standard InChI is InChI=1S/C13H10N4.C2H6/c14-7-10-6-5-9-8-15-11-3-1-2-4-12(11)17-13(9)16-10;1-2/h1-6,15H,8H2,(H,16,17);1-2H3. The van der Waals surface area contributed by atoms with Crippen molar-refractivity contribution in [3.05, 3.63) is 47.7 Å². The Morgan fingerprint density at radius 2 is 1.84 bits per heavy atom. The molecule has 0 bridgehead atoms. The van der Waals surface area contributed by atoms with Crippen LogP contribution in [0.1, 0.15) is 25.1 Å². The fourth-order valence-electron chi connectivity index (χ4n) is 1.87. The van der Waals surface area contributed by atoms with Gasteiger partial charge in [-0.2, -0.15) is 5.26 Å². The van der Waals surface area contributed by atoms with Crippen LogP contribution in [-0.2, 0) is 6.54 Å². The molecule has 0 atom stereocenters. The predicted molar refractivity (Wildman–Crippen MR) is 77.4 cm³/mol. The van der Waals surface area contributed by atoms with Crippen molar-refractivity contribution in [2.45, 2.75) is 20.4 Å². The normalized spacial score (nSPS) is 11.2. The van der Waals surface area contributed by atoms with Gasteiger partial charge in [-0.3, -0.25) is 0 Å². The Kier molecular flexibility index (Phi) is 3.99. The van der Waals surface area contributed by atoms with Gasteiger partial charge in [0.15, 0.2) is 0 Å². The van der Waals surface area contributed by atoms with Gasteiger partial charge in [-0.15, -0.1) is 0 Å². The molecule has 1 aliphatic heterocycles. The maximum Gasteiger partial charge on any atom is 0.142 e. The van der Waals surface area contributed by atoms with E-state index in [4.69, 9.17) is 5.26 Å². The Morgan fingerprint density at radius 3 is 2.58 bits per heavy atom. The van der Waals surface area contributed by atoms with Gasteiger partial charge in [-0.1, -0.05) is 32.0 Å². The third-order valence-corrected chi connectivity index (χ3v) is 2.74. The SMILES string of the molecule is CC.N#Cc1ccc2c(n1)Nc1ccccc1NC2. The van der Waals surface area contributed by atoms with E-state index in [1.54, 1.807) is 6.07 Å². The maximum atomic E-state index is 8.85. The number of para-hydroxylation sites is 2. The van der Waals surface area contributed by atoms with Crippen molar-refractivity contribution in [3.63, 3.8) is 0 Å². The molecular formula is C15H16N4. The molecule has 1 aromatic carbocycles. The van der Waals surface area contributed by atoms with Crippen LogP contribution in [0.2, 0.25) is 0 Å². The molecule has 0 unspecified atom stereocenters. The van der Waals surface area contributed by atoms with Gasteiger partial charge in [0, 0.05) is 12.1 Å². The number of fused-ring (bicyclic) bond motifs is 2. The summed E-state index contributed by atoms with van der Waals surface area (Å²) in [5.74, 6) is 0.751. The van der Waals surface area contributed by atoms with Crippen LogP contribution in [0.25, 0.3) is 0 Å². The van der Waals surface area contributed by atoms with Gasteiger partial charge in [-0.05, 0) is 18.2 Å². The monoisotopic (exact) mass is 252 g/mol. The van der Waals surface area contributed by atoms with Crippen molar-refractivity contribution in [2.75, 3.05) is 10.6 Å². The highest BCUT2D eigenvalue weighted by Gasteiger charge is 2.12. The number of anilines is 3. The van der Waals surface area contributed by atoms with E-state index in [-0.39, 0.29) is 0 Å². The number of hydrogen-bond acceptors (Lipinski definition) is 4. The number of nitrogens with one attached hydrogen (secondary N) is 2. The van der Waals surface area contributed by atoms with Gasteiger partial charge in [-0.25, -0.2) is 4.98 Å². The van der Waals surface area contributed by atoms with Gasteiger partial charge in [0.1, 0.15) is 17.6 Å². The van der Waals surface area contributed by atoms with E-state index in [0.29, 0.717) is 12.2 Å². The van der Waals surface area contributed by atoms with Crippen molar-refractivity contribution in [1.29, 1.82) is 5.26 Å². The predicted octanol–water partition coefficient (Wildman–Crippen LogP) is 3.65. The lowest BCUT2D eigenvalue weighted by atomic mass is 10.2. The molecule has 2 heterocycles. The summed E-state index contributed by atoms with van der Waals surface area (Å²) >= 11 is 0. The number of pyridine rings is 1. The fourth-order valence-corrected chi connectivity index (χ4v) is 1.87. The summed E-state index contributed by atoms with van der Waals surface area (Å²) in [7, 11) is 0. The number of rotatable bonds is 0. The maximum absolute atomic E-state index is 8.85. The zero-order valence-electron chi connectivity index (χ0n) is 11.1. The molecule has 1 aliphatic rings. The highest BCUT2D eigenvalue weighted by molar-refractivity contribution is 5.76. The summed E-state index contributed by atoms with van der Waals surface area (Å²) in [6.07, 6.45) is 0. The van der Waals surface area contributed by atoms with E-state index in [9.17, 15) is 0 Å². The minimum atomic E-state index is 0.427. The third-order valence-electron chi connectivity index (χ3n) is 2.74. The molecular weight excluding hydrogens is 236 g/mol. The molecule has 0 spiro atoms. The Bertz CT molecular complexity index is 614. The van der Waals surface area contributed by atoms with E-state index in [2.05, 4.69) is 15.6 Å². The van der Waals surface area contributed by atoms with Crippen LogP contribution < -0.4 is 10.6 Å². The molecule has 0 saturated carbocycles. The molecule has 0 aliphatic carbocycles. The molecule has 4 nitrogen and oxygen atoms in total. The fraction of sp³-hybridized carbons (Fsp3) is 0.200. The van der Waals surface area contributed by atoms with Crippen LogP contribution in [0.15, 0.2) is 36.4 Å². The Hall–Kier alpha value is -2.54. The summed E-state index contributed by atoms with van der Waals surface area (Å²) in [6, 6.07) is 13.7.